The van der Waals surface area contributed by atoms with Gasteiger partial charge in [-0.1, -0.05) is 38.3 Å². The molecule has 21 heavy (non-hydrogen) atoms. The molecule has 3 nitrogen and oxygen atoms in total. The number of hydrogen-bond donors (Lipinski definition) is 0. The van der Waals surface area contributed by atoms with Crippen LogP contribution in [0.4, 0.5) is 0 Å². The summed E-state index contributed by atoms with van der Waals surface area (Å²) in [7, 11) is 1.94. The van der Waals surface area contributed by atoms with E-state index in [0.29, 0.717) is 12.0 Å². The minimum absolute atomic E-state index is 0.111. The number of carbonyl (C=O) groups is 1. The Kier molecular flexibility index (Phi) is 3.92. The molecule has 3 rings (SSSR count). The van der Waals surface area contributed by atoms with Crippen LogP contribution < -0.4 is 4.74 Å². The average molecular weight is 287 g/mol. The van der Waals surface area contributed by atoms with E-state index in [9.17, 15) is 4.79 Å². The highest BCUT2D eigenvalue weighted by molar-refractivity contribution is 5.97. The van der Waals surface area contributed by atoms with Gasteiger partial charge < -0.3 is 9.64 Å². The fourth-order valence-electron chi connectivity index (χ4n) is 3.58. The third-order valence-corrected chi connectivity index (χ3v) is 5.22. The van der Waals surface area contributed by atoms with E-state index >= 15 is 0 Å². The number of fused-ring (bicyclic) bond motifs is 1. The third-order valence-electron chi connectivity index (χ3n) is 5.22. The van der Waals surface area contributed by atoms with Crippen molar-refractivity contribution in [2.75, 3.05) is 7.05 Å². The number of hydrogen-bond acceptors (Lipinski definition) is 2. The molecule has 1 aliphatic heterocycles. The molecule has 0 radical (unpaired) electrons. The third kappa shape index (κ3) is 2.54. The van der Waals surface area contributed by atoms with Crippen LogP contribution in [0.15, 0.2) is 18.2 Å². The molecule has 1 saturated carbocycles. The standard InChI is InChI=1S/C18H25NO2/c1-12-13(2)21-17-15(12)10-7-11-16(17)18(20)19(3)14-8-5-4-6-9-14/h7,10-14H,4-6,8-9H2,1-3H3/t12-,13+/m1/s1. The molecule has 114 valence electrons. The molecule has 0 aromatic heterocycles. The minimum Gasteiger partial charge on any atom is -0.489 e. The first-order valence-electron chi connectivity index (χ1n) is 8.16. The molecule has 0 spiro atoms. The second kappa shape index (κ2) is 5.70. The summed E-state index contributed by atoms with van der Waals surface area (Å²) < 4.78 is 5.96. The maximum Gasteiger partial charge on any atom is 0.257 e. The average Bonchev–Trinajstić information content (AvgIpc) is 2.82. The number of carbonyl (C=O) groups excluding carboxylic acids is 1. The SMILES string of the molecule is C[C@@H]1Oc2c(C(=O)N(C)C3CCCCC3)cccc2[C@@H]1C. The smallest absolute Gasteiger partial charge is 0.257 e. The van der Waals surface area contributed by atoms with E-state index in [2.05, 4.69) is 19.9 Å². The summed E-state index contributed by atoms with van der Waals surface area (Å²) in [4.78, 5) is 14.8. The topological polar surface area (TPSA) is 29.5 Å². The number of rotatable bonds is 2. The fourth-order valence-corrected chi connectivity index (χ4v) is 3.58. The monoisotopic (exact) mass is 287 g/mol. The zero-order valence-electron chi connectivity index (χ0n) is 13.3. The molecular formula is C18H25NO2. The molecular weight excluding hydrogens is 262 g/mol. The van der Waals surface area contributed by atoms with E-state index in [0.717, 1.165) is 24.2 Å². The van der Waals surface area contributed by atoms with Gasteiger partial charge in [-0.25, -0.2) is 0 Å². The van der Waals surface area contributed by atoms with Crippen LogP contribution in [0.1, 0.15) is 67.8 Å². The van der Waals surface area contributed by atoms with Crippen molar-refractivity contribution in [3.8, 4) is 5.75 Å². The molecule has 1 amide bonds. The van der Waals surface area contributed by atoms with E-state index in [1.54, 1.807) is 0 Å². The van der Waals surface area contributed by atoms with Gasteiger partial charge in [-0.15, -0.1) is 0 Å². The van der Waals surface area contributed by atoms with Gasteiger partial charge in [0, 0.05) is 24.6 Å². The van der Waals surface area contributed by atoms with Gasteiger partial charge >= 0.3 is 0 Å². The van der Waals surface area contributed by atoms with Crippen LogP contribution in [0.5, 0.6) is 5.75 Å². The molecule has 0 unspecified atom stereocenters. The Hall–Kier alpha value is -1.51. The molecule has 2 aliphatic rings. The molecule has 3 heteroatoms. The summed E-state index contributed by atoms with van der Waals surface area (Å²) in [6, 6.07) is 6.36. The summed E-state index contributed by atoms with van der Waals surface area (Å²) in [5.74, 6) is 1.28. The van der Waals surface area contributed by atoms with E-state index in [4.69, 9.17) is 4.74 Å². The van der Waals surface area contributed by atoms with Crippen LogP contribution in [0.25, 0.3) is 0 Å². The summed E-state index contributed by atoms with van der Waals surface area (Å²) >= 11 is 0. The highest BCUT2D eigenvalue weighted by Gasteiger charge is 2.33. The van der Waals surface area contributed by atoms with Gasteiger partial charge in [-0.2, -0.15) is 0 Å². The van der Waals surface area contributed by atoms with Crippen molar-refractivity contribution >= 4 is 5.91 Å². The zero-order chi connectivity index (χ0) is 15.0. The molecule has 0 bridgehead atoms. The first-order chi connectivity index (χ1) is 10.1. The van der Waals surface area contributed by atoms with Gasteiger partial charge in [-0.05, 0) is 25.8 Å². The van der Waals surface area contributed by atoms with E-state index in [1.165, 1.54) is 24.8 Å². The maximum atomic E-state index is 12.9. The number of para-hydroxylation sites is 1. The summed E-state index contributed by atoms with van der Waals surface area (Å²) in [5, 5.41) is 0. The molecule has 1 aromatic carbocycles. The quantitative estimate of drug-likeness (QED) is 0.823. The normalized spacial score (nSPS) is 25.3. The van der Waals surface area contributed by atoms with Gasteiger partial charge in [0.15, 0.2) is 0 Å². The number of benzene rings is 1. The maximum absolute atomic E-state index is 12.9. The summed E-state index contributed by atoms with van der Waals surface area (Å²) in [6.07, 6.45) is 6.18. The van der Waals surface area contributed by atoms with E-state index in [1.807, 2.05) is 24.1 Å². The van der Waals surface area contributed by atoms with Crippen molar-refractivity contribution in [3.05, 3.63) is 29.3 Å². The Balaban J connectivity index is 1.86. The lowest BCUT2D eigenvalue weighted by Crippen LogP contribution is -2.38. The van der Waals surface area contributed by atoms with Crippen LogP contribution in [0.3, 0.4) is 0 Å². The second-order valence-corrected chi connectivity index (χ2v) is 6.54. The van der Waals surface area contributed by atoms with Gasteiger partial charge in [0.1, 0.15) is 11.9 Å². The predicted octanol–water partition coefficient (Wildman–Crippen LogP) is 3.98. The lowest BCUT2D eigenvalue weighted by Gasteiger charge is -2.31. The fraction of sp³-hybridized carbons (Fsp3) is 0.611. The second-order valence-electron chi connectivity index (χ2n) is 6.54. The van der Waals surface area contributed by atoms with Gasteiger partial charge in [0.05, 0.1) is 5.56 Å². The van der Waals surface area contributed by atoms with Gasteiger partial charge in [0.25, 0.3) is 5.91 Å². The first-order valence-corrected chi connectivity index (χ1v) is 8.16. The van der Waals surface area contributed by atoms with E-state index in [-0.39, 0.29) is 12.0 Å². The van der Waals surface area contributed by atoms with Crippen LogP contribution in [0.2, 0.25) is 0 Å². The van der Waals surface area contributed by atoms with Crippen molar-refractivity contribution in [3.63, 3.8) is 0 Å². The molecule has 1 aromatic rings. The van der Waals surface area contributed by atoms with Gasteiger partial charge in [0.2, 0.25) is 0 Å². The Morgan fingerprint density at radius 3 is 2.62 bits per heavy atom. The van der Waals surface area contributed by atoms with Crippen molar-refractivity contribution < 1.29 is 9.53 Å². The van der Waals surface area contributed by atoms with Gasteiger partial charge in [-0.3, -0.25) is 4.79 Å². The summed E-state index contributed by atoms with van der Waals surface area (Å²) in [5.41, 5.74) is 1.90. The van der Waals surface area contributed by atoms with E-state index < -0.39 is 0 Å². The molecule has 0 N–H and O–H groups in total. The Morgan fingerprint density at radius 2 is 1.90 bits per heavy atom. The lowest BCUT2D eigenvalue weighted by atomic mass is 9.93. The first kappa shape index (κ1) is 14.4. The van der Waals surface area contributed by atoms with Crippen molar-refractivity contribution in [1.29, 1.82) is 0 Å². The largest absolute Gasteiger partial charge is 0.489 e. The molecule has 0 saturated heterocycles. The van der Waals surface area contributed by atoms with Crippen molar-refractivity contribution in [2.45, 2.75) is 64.0 Å². The Bertz CT molecular complexity index is 534. The number of amides is 1. The van der Waals surface area contributed by atoms with Crippen LogP contribution in [-0.2, 0) is 0 Å². The van der Waals surface area contributed by atoms with Crippen LogP contribution in [0, 0.1) is 0 Å². The number of ether oxygens (including phenoxy) is 1. The van der Waals surface area contributed by atoms with Crippen molar-refractivity contribution in [1.82, 2.24) is 4.90 Å². The highest BCUT2D eigenvalue weighted by atomic mass is 16.5. The lowest BCUT2D eigenvalue weighted by molar-refractivity contribution is 0.0691. The Morgan fingerprint density at radius 1 is 1.19 bits per heavy atom. The molecule has 1 aliphatic carbocycles. The van der Waals surface area contributed by atoms with Crippen LogP contribution >= 0.6 is 0 Å². The highest BCUT2D eigenvalue weighted by Crippen LogP contribution is 2.40. The predicted molar refractivity (Wildman–Crippen MR) is 83.9 cm³/mol. The number of nitrogens with zero attached hydrogens (tertiary/aromatic N) is 1. The molecule has 2 atom stereocenters. The zero-order valence-corrected chi connectivity index (χ0v) is 13.3. The summed E-state index contributed by atoms with van der Waals surface area (Å²) in [6.45, 7) is 4.24. The Labute approximate surface area is 127 Å². The molecule has 1 fully saturated rings. The molecule has 1 heterocycles. The van der Waals surface area contributed by atoms with Crippen LogP contribution in [-0.4, -0.2) is 30.0 Å². The minimum atomic E-state index is 0.111. The van der Waals surface area contributed by atoms with Crippen molar-refractivity contribution in [2.24, 2.45) is 0 Å².